The minimum absolute atomic E-state index is 0.0186. The van der Waals surface area contributed by atoms with Crippen LogP contribution in [0.3, 0.4) is 0 Å². The molecule has 0 saturated carbocycles. The highest BCUT2D eigenvalue weighted by atomic mass is 16.6. The Hall–Kier alpha value is -2.77. The van der Waals surface area contributed by atoms with E-state index in [2.05, 4.69) is 5.32 Å². The summed E-state index contributed by atoms with van der Waals surface area (Å²) < 4.78 is 0. The first kappa shape index (κ1) is 16.3. The van der Waals surface area contributed by atoms with Crippen molar-refractivity contribution in [2.45, 2.75) is 20.3 Å². The second-order valence-corrected chi connectivity index (χ2v) is 4.53. The molecule has 1 aromatic rings. The number of amides is 1. The summed E-state index contributed by atoms with van der Waals surface area (Å²) >= 11 is 0. The fourth-order valence-electron chi connectivity index (χ4n) is 1.77. The minimum Gasteiger partial charge on any atom is -0.481 e. The van der Waals surface area contributed by atoms with Gasteiger partial charge in [-0.05, 0) is 12.1 Å². The molecule has 0 spiro atoms. The van der Waals surface area contributed by atoms with Gasteiger partial charge in [0.1, 0.15) is 5.69 Å². The van der Waals surface area contributed by atoms with Crippen molar-refractivity contribution in [3.8, 4) is 0 Å². The highest BCUT2D eigenvalue weighted by Crippen LogP contribution is 2.27. The number of nitrogens with zero attached hydrogens (tertiary/aromatic N) is 1. The Balaban J connectivity index is 3.13. The van der Waals surface area contributed by atoms with Crippen LogP contribution in [0.4, 0.5) is 11.4 Å². The number of hydrogen-bond acceptors (Lipinski definition) is 5. The quantitative estimate of drug-likeness (QED) is 0.468. The van der Waals surface area contributed by atoms with E-state index in [4.69, 9.17) is 5.11 Å². The molecule has 0 aliphatic carbocycles. The maximum absolute atomic E-state index is 12.0. The topological polar surface area (TPSA) is 127 Å². The first-order valence-electron chi connectivity index (χ1n) is 6.04. The number of carbonyl (C=O) groups excluding carboxylic acids is 2. The molecule has 8 nitrogen and oxygen atoms in total. The van der Waals surface area contributed by atoms with Crippen LogP contribution in [0.1, 0.15) is 30.6 Å². The molecular formula is C13H14N2O6. The Kier molecular flexibility index (Phi) is 5.12. The van der Waals surface area contributed by atoms with Gasteiger partial charge in [0.2, 0.25) is 5.91 Å². The fraction of sp³-hybridized carbons (Fsp3) is 0.308. The number of aliphatic carboxylic acids is 1. The van der Waals surface area contributed by atoms with Gasteiger partial charge in [0.15, 0.2) is 5.78 Å². The number of nitro groups is 1. The maximum atomic E-state index is 12.0. The summed E-state index contributed by atoms with van der Waals surface area (Å²) in [6.07, 6.45) is -0.361. The highest BCUT2D eigenvalue weighted by Gasteiger charge is 2.22. The van der Waals surface area contributed by atoms with E-state index in [-0.39, 0.29) is 17.7 Å². The molecule has 1 amide bonds. The van der Waals surface area contributed by atoms with E-state index in [1.54, 1.807) is 0 Å². The van der Waals surface area contributed by atoms with Crippen LogP contribution in [0.15, 0.2) is 18.2 Å². The Morgan fingerprint density at radius 2 is 2.00 bits per heavy atom. The van der Waals surface area contributed by atoms with Crippen LogP contribution in [-0.2, 0) is 9.59 Å². The standard InChI is InChI=1S/C13H14N2O6/c1-7(5-12(17)18)13(19)9-3-4-10(14-8(2)16)11(6-9)15(20)21/h3-4,6-7H,5H2,1-2H3,(H,14,16)(H,17,18). The van der Waals surface area contributed by atoms with E-state index < -0.39 is 34.2 Å². The van der Waals surface area contributed by atoms with Gasteiger partial charge in [-0.25, -0.2) is 0 Å². The number of carboxylic acid groups (broad SMARTS) is 1. The molecule has 1 atom stereocenters. The van der Waals surface area contributed by atoms with Crippen LogP contribution in [0.5, 0.6) is 0 Å². The smallest absolute Gasteiger partial charge is 0.304 e. The zero-order chi connectivity index (χ0) is 16.2. The number of anilines is 1. The second kappa shape index (κ2) is 6.60. The number of ketones is 1. The van der Waals surface area contributed by atoms with Gasteiger partial charge < -0.3 is 10.4 Å². The summed E-state index contributed by atoms with van der Waals surface area (Å²) in [4.78, 5) is 43.8. The lowest BCUT2D eigenvalue weighted by atomic mass is 9.96. The predicted octanol–water partition coefficient (Wildman–Crippen LogP) is 1.85. The summed E-state index contributed by atoms with van der Waals surface area (Å²) in [5.41, 5.74) is -0.405. The molecule has 0 radical (unpaired) electrons. The van der Waals surface area contributed by atoms with Crippen molar-refractivity contribution < 1.29 is 24.4 Å². The fourth-order valence-corrected chi connectivity index (χ4v) is 1.77. The van der Waals surface area contributed by atoms with Crippen molar-refractivity contribution in [2.75, 3.05) is 5.32 Å². The van der Waals surface area contributed by atoms with Crippen LogP contribution < -0.4 is 5.32 Å². The number of hydrogen-bond donors (Lipinski definition) is 2. The van der Waals surface area contributed by atoms with Gasteiger partial charge in [0.25, 0.3) is 5.69 Å². The van der Waals surface area contributed by atoms with Crippen molar-refractivity contribution in [3.63, 3.8) is 0 Å². The van der Waals surface area contributed by atoms with Crippen LogP contribution in [0, 0.1) is 16.0 Å². The molecule has 2 N–H and O–H groups in total. The third kappa shape index (κ3) is 4.37. The van der Waals surface area contributed by atoms with Crippen LogP contribution >= 0.6 is 0 Å². The molecular weight excluding hydrogens is 280 g/mol. The summed E-state index contributed by atoms with van der Waals surface area (Å²) in [6, 6.07) is 3.60. The van der Waals surface area contributed by atoms with Crippen LogP contribution in [0.25, 0.3) is 0 Å². The molecule has 21 heavy (non-hydrogen) atoms. The average molecular weight is 294 g/mol. The van der Waals surface area contributed by atoms with Gasteiger partial charge in [0, 0.05) is 24.5 Å². The molecule has 0 saturated heterocycles. The Morgan fingerprint density at radius 1 is 1.38 bits per heavy atom. The van der Waals surface area contributed by atoms with Gasteiger partial charge in [-0.15, -0.1) is 0 Å². The lowest BCUT2D eigenvalue weighted by Crippen LogP contribution is -2.16. The van der Waals surface area contributed by atoms with E-state index in [9.17, 15) is 24.5 Å². The lowest BCUT2D eigenvalue weighted by Gasteiger charge is -2.09. The SMILES string of the molecule is CC(=O)Nc1ccc(C(=O)C(C)CC(=O)O)cc1[N+](=O)[O-]. The van der Waals surface area contributed by atoms with Gasteiger partial charge in [-0.1, -0.05) is 6.92 Å². The summed E-state index contributed by atoms with van der Waals surface area (Å²) in [5.74, 6) is -2.90. The van der Waals surface area contributed by atoms with Crippen molar-refractivity contribution in [1.82, 2.24) is 0 Å². The minimum atomic E-state index is -1.12. The van der Waals surface area contributed by atoms with Crippen molar-refractivity contribution in [1.29, 1.82) is 0 Å². The number of Topliss-reactive ketones (excluding diaryl/α,β-unsaturated/α-hetero) is 1. The summed E-state index contributed by atoms with van der Waals surface area (Å²) in [7, 11) is 0. The lowest BCUT2D eigenvalue weighted by molar-refractivity contribution is -0.384. The van der Waals surface area contributed by atoms with Gasteiger partial charge in [-0.3, -0.25) is 24.5 Å². The molecule has 8 heteroatoms. The molecule has 0 aromatic heterocycles. The van der Waals surface area contributed by atoms with E-state index in [0.717, 1.165) is 6.07 Å². The second-order valence-electron chi connectivity index (χ2n) is 4.53. The van der Waals surface area contributed by atoms with Crippen molar-refractivity contribution in [2.24, 2.45) is 5.92 Å². The number of nitro benzene ring substituents is 1. The Labute approximate surface area is 119 Å². The molecule has 0 aliphatic rings. The maximum Gasteiger partial charge on any atom is 0.304 e. The van der Waals surface area contributed by atoms with E-state index in [0.29, 0.717) is 0 Å². The number of carbonyl (C=O) groups is 3. The Bertz CT molecular complexity index is 611. The van der Waals surface area contributed by atoms with E-state index >= 15 is 0 Å². The molecule has 1 unspecified atom stereocenters. The van der Waals surface area contributed by atoms with Crippen molar-refractivity contribution >= 4 is 29.0 Å². The molecule has 112 valence electrons. The highest BCUT2D eigenvalue weighted by molar-refractivity contribution is 6.01. The zero-order valence-electron chi connectivity index (χ0n) is 11.5. The molecule has 0 bridgehead atoms. The van der Waals surface area contributed by atoms with Gasteiger partial charge in [-0.2, -0.15) is 0 Å². The normalized spacial score (nSPS) is 11.5. The van der Waals surface area contributed by atoms with Crippen molar-refractivity contribution in [3.05, 3.63) is 33.9 Å². The zero-order valence-corrected chi connectivity index (χ0v) is 11.5. The number of benzene rings is 1. The predicted molar refractivity (Wildman–Crippen MR) is 73.1 cm³/mol. The largest absolute Gasteiger partial charge is 0.481 e. The average Bonchev–Trinajstić information content (AvgIpc) is 2.36. The van der Waals surface area contributed by atoms with E-state index in [1.807, 2.05) is 0 Å². The first-order chi connectivity index (χ1) is 9.72. The molecule has 1 aromatic carbocycles. The molecule has 1 rings (SSSR count). The number of nitrogens with one attached hydrogen (secondary N) is 1. The third-order valence-corrected chi connectivity index (χ3v) is 2.72. The van der Waals surface area contributed by atoms with Gasteiger partial charge >= 0.3 is 5.97 Å². The molecule has 0 fully saturated rings. The number of rotatable bonds is 6. The van der Waals surface area contributed by atoms with E-state index in [1.165, 1.54) is 26.0 Å². The summed E-state index contributed by atoms with van der Waals surface area (Å²) in [6.45, 7) is 2.64. The molecule has 0 heterocycles. The monoisotopic (exact) mass is 294 g/mol. The number of carboxylic acids is 1. The Morgan fingerprint density at radius 3 is 2.48 bits per heavy atom. The van der Waals surface area contributed by atoms with Crippen LogP contribution in [-0.4, -0.2) is 27.7 Å². The first-order valence-corrected chi connectivity index (χ1v) is 6.04. The summed E-state index contributed by atoms with van der Waals surface area (Å²) in [5, 5.41) is 21.9. The molecule has 0 aliphatic heterocycles. The van der Waals surface area contributed by atoms with Gasteiger partial charge in [0.05, 0.1) is 11.3 Å². The van der Waals surface area contributed by atoms with Crippen LogP contribution in [0.2, 0.25) is 0 Å². The third-order valence-electron chi connectivity index (χ3n) is 2.72.